The van der Waals surface area contributed by atoms with Gasteiger partial charge in [0.15, 0.2) is 5.82 Å². The van der Waals surface area contributed by atoms with Crippen LogP contribution in [0.5, 0.6) is 0 Å². The molecule has 2 rings (SSSR count). The molecule has 0 bridgehead atoms. The number of carbonyl (C=O) groups excluding carboxylic acids is 1. The van der Waals surface area contributed by atoms with Crippen LogP contribution in [0, 0.1) is 0 Å². The third-order valence-corrected chi connectivity index (χ3v) is 4.22. The third-order valence-electron chi connectivity index (χ3n) is 3.23. The Morgan fingerprint density at radius 1 is 1.35 bits per heavy atom. The van der Waals surface area contributed by atoms with Gasteiger partial charge in [0.1, 0.15) is 0 Å². The van der Waals surface area contributed by atoms with Crippen LogP contribution in [0.2, 0.25) is 0 Å². The van der Waals surface area contributed by atoms with Gasteiger partial charge in [0.05, 0.1) is 0 Å². The zero-order valence-electron chi connectivity index (χ0n) is 13.5. The number of carbonyl (C=O) groups is 1. The van der Waals surface area contributed by atoms with Crippen molar-refractivity contribution < 1.29 is 9.32 Å². The number of amides is 2. The maximum atomic E-state index is 12.0. The van der Waals surface area contributed by atoms with E-state index in [9.17, 15) is 4.79 Å². The number of nitrogens with one attached hydrogen (secondary N) is 1. The van der Waals surface area contributed by atoms with Crippen molar-refractivity contribution in [2.24, 2.45) is 0 Å². The molecule has 0 saturated carbocycles. The number of hydrogen-bond acceptors (Lipinski definition) is 5. The number of benzene rings is 1. The summed E-state index contributed by atoms with van der Waals surface area (Å²) < 4.78 is 5.08. The highest BCUT2D eigenvalue weighted by molar-refractivity contribution is 7.99. The van der Waals surface area contributed by atoms with E-state index in [2.05, 4.69) is 27.6 Å². The summed E-state index contributed by atoms with van der Waals surface area (Å²) in [6.07, 6.45) is 1.29. The number of aromatic nitrogens is 2. The van der Waals surface area contributed by atoms with Crippen molar-refractivity contribution in [1.82, 2.24) is 20.4 Å². The van der Waals surface area contributed by atoms with Gasteiger partial charge in [-0.2, -0.15) is 4.98 Å². The number of rotatable bonds is 8. The molecule has 0 unspecified atom stereocenters. The van der Waals surface area contributed by atoms with Crippen LogP contribution in [-0.2, 0) is 12.8 Å². The first-order chi connectivity index (χ1) is 11.2. The molecule has 0 atom stereocenters. The smallest absolute Gasteiger partial charge is 0.317 e. The van der Waals surface area contributed by atoms with Gasteiger partial charge in [-0.25, -0.2) is 4.79 Å². The molecule has 1 aromatic carbocycles. The Morgan fingerprint density at radius 2 is 2.13 bits per heavy atom. The molecule has 0 fully saturated rings. The average Bonchev–Trinajstić information content (AvgIpc) is 3.03. The number of thioether (sulfide) groups is 1. The first kappa shape index (κ1) is 17.3. The molecular weight excluding hydrogens is 312 g/mol. The predicted molar refractivity (Wildman–Crippen MR) is 90.6 cm³/mol. The lowest BCUT2D eigenvalue weighted by Crippen LogP contribution is -2.39. The zero-order valence-corrected chi connectivity index (χ0v) is 14.3. The maximum Gasteiger partial charge on any atom is 0.317 e. The molecule has 1 heterocycles. The standard InChI is InChI=1S/C16H22N4O2S/c1-3-14-18-15(22-19-14)9-10-17-16(21)20(2)11-12-23-13-7-5-4-6-8-13/h4-8H,3,9-12H2,1-2H3,(H,17,21). The minimum absolute atomic E-state index is 0.0890. The molecule has 124 valence electrons. The Bertz CT molecular complexity index is 603. The molecule has 0 aliphatic carbocycles. The molecule has 0 saturated heterocycles. The van der Waals surface area contributed by atoms with E-state index >= 15 is 0 Å². The van der Waals surface area contributed by atoms with Crippen LogP contribution < -0.4 is 5.32 Å². The minimum Gasteiger partial charge on any atom is -0.339 e. The van der Waals surface area contributed by atoms with Gasteiger partial charge in [-0.3, -0.25) is 0 Å². The largest absolute Gasteiger partial charge is 0.339 e. The van der Waals surface area contributed by atoms with Crippen molar-refractivity contribution in [3.8, 4) is 0 Å². The lowest BCUT2D eigenvalue weighted by Gasteiger charge is -2.17. The van der Waals surface area contributed by atoms with E-state index in [1.54, 1.807) is 23.7 Å². The fourth-order valence-corrected chi connectivity index (χ4v) is 2.82. The summed E-state index contributed by atoms with van der Waals surface area (Å²) in [6, 6.07) is 10.1. The van der Waals surface area contributed by atoms with Crippen LogP contribution in [0.3, 0.4) is 0 Å². The second-order valence-electron chi connectivity index (χ2n) is 5.02. The van der Waals surface area contributed by atoms with E-state index in [0.29, 0.717) is 31.2 Å². The van der Waals surface area contributed by atoms with Gasteiger partial charge in [0.2, 0.25) is 5.89 Å². The van der Waals surface area contributed by atoms with E-state index in [-0.39, 0.29) is 6.03 Å². The van der Waals surface area contributed by atoms with Crippen LogP contribution in [0.1, 0.15) is 18.6 Å². The Labute approximate surface area is 140 Å². The van der Waals surface area contributed by atoms with Crippen LogP contribution in [0.25, 0.3) is 0 Å². The van der Waals surface area contributed by atoms with E-state index in [1.165, 1.54) is 4.90 Å². The summed E-state index contributed by atoms with van der Waals surface area (Å²) in [5.41, 5.74) is 0. The summed E-state index contributed by atoms with van der Waals surface area (Å²) >= 11 is 1.74. The zero-order chi connectivity index (χ0) is 16.5. The van der Waals surface area contributed by atoms with Gasteiger partial charge in [0.25, 0.3) is 0 Å². The summed E-state index contributed by atoms with van der Waals surface area (Å²) in [4.78, 5) is 19.1. The first-order valence-electron chi connectivity index (χ1n) is 7.67. The molecule has 1 N–H and O–H groups in total. The van der Waals surface area contributed by atoms with Crippen molar-refractivity contribution >= 4 is 17.8 Å². The molecule has 0 spiro atoms. The Morgan fingerprint density at radius 3 is 2.83 bits per heavy atom. The predicted octanol–water partition coefficient (Wildman–Crippen LogP) is 2.61. The van der Waals surface area contributed by atoms with Crippen molar-refractivity contribution in [3.05, 3.63) is 42.0 Å². The summed E-state index contributed by atoms with van der Waals surface area (Å²) in [5, 5.41) is 6.68. The van der Waals surface area contributed by atoms with Crippen molar-refractivity contribution in [1.29, 1.82) is 0 Å². The molecule has 7 heteroatoms. The third kappa shape index (κ3) is 5.94. The van der Waals surface area contributed by atoms with Crippen LogP contribution >= 0.6 is 11.8 Å². The van der Waals surface area contributed by atoms with Gasteiger partial charge in [-0.15, -0.1) is 11.8 Å². The second-order valence-corrected chi connectivity index (χ2v) is 6.19. The molecule has 1 aromatic heterocycles. The lowest BCUT2D eigenvalue weighted by molar-refractivity contribution is 0.211. The van der Waals surface area contributed by atoms with Gasteiger partial charge in [-0.1, -0.05) is 30.3 Å². The monoisotopic (exact) mass is 334 g/mol. The Balaban J connectivity index is 1.62. The van der Waals surface area contributed by atoms with E-state index in [4.69, 9.17) is 4.52 Å². The Kier molecular flexibility index (Phi) is 6.93. The molecule has 0 radical (unpaired) electrons. The lowest BCUT2D eigenvalue weighted by atomic mass is 10.4. The fraction of sp³-hybridized carbons (Fsp3) is 0.438. The summed E-state index contributed by atoms with van der Waals surface area (Å²) in [7, 11) is 1.79. The summed E-state index contributed by atoms with van der Waals surface area (Å²) in [6.45, 7) is 3.14. The molecule has 2 amide bonds. The van der Waals surface area contributed by atoms with Crippen LogP contribution in [0.4, 0.5) is 4.79 Å². The topological polar surface area (TPSA) is 71.3 Å². The quantitative estimate of drug-likeness (QED) is 0.751. The number of aryl methyl sites for hydroxylation is 1. The SMILES string of the molecule is CCc1noc(CCNC(=O)N(C)CCSc2ccccc2)n1. The summed E-state index contributed by atoms with van der Waals surface area (Å²) in [5.74, 6) is 2.11. The van der Waals surface area contributed by atoms with Gasteiger partial charge >= 0.3 is 6.03 Å². The maximum absolute atomic E-state index is 12.0. The van der Waals surface area contributed by atoms with Crippen molar-refractivity contribution in [2.45, 2.75) is 24.7 Å². The number of urea groups is 1. The normalized spacial score (nSPS) is 10.5. The van der Waals surface area contributed by atoms with Crippen LogP contribution in [0.15, 0.2) is 39.8 Å². The van der Waals surface area contributed by atoms with Crippen molar-refractivity contribution in [3.63, 3.8) is 0 Å². The van der Waals surface area contributed by atoms with Crippen LogP contribution in [-0.4, -0.2) is 47.0 Å². The molecule has 0 aliphatic rings. The molecule has 6 nitrogen and oxygen atoms in total. The Hall–Kier alpha value is -2.02. The highest BCUT2D eigenvalue weighted by Crippen LogP contribution is 2.16. The van der Waals surface area contributed by atoms with Gasteiger partial charge in [-0.05, 0) is 12.1 Å². The highest BCUT2D eigenvalue weighted by Gasteiger charge is 2.09. The average molecular weight is 334 g/mol. The minimum atomic E-state index is -0.0890. The number of nitrogens with zero attached hydrogens (tertiary/aromatic N) is 3. The van der Waals surface area contributed by atoms with E-state index in [1.807, 2.05) is 25.1 Å². The van der Waals surface area contributed by atoms with E-state index in [0.717, 1.165) is 12.2 Å². The fourth-order valence-electron chi connectivity index (χ4n) is 1.87. The van der Waals surface area contributed by atoms with Gasteiger partial charge < -0.3 is 14.7 Å². The molecule has 0 aliphatic heterocycles. The number of hydrogen-bond donors (Lipinski definition) is 1. The van der Waals surface area contributed by atoms with Crippen molar-refractivity contribution in [2.75, 3.05) is 25.9 Å². The second kappa shape index (κ2) is 9.19. The van der Waals surface area contributed by atoms with E-state index < -0.39 is 0 Å². The molecule has 2 aromatic rings. The molecule has 23 heavy (non-hydrogen) atoms. The molecular formula is C16H22N4O2S. The first-order valence-corrected chi connectivity index (χ1v) is 8.66. The highest BCUT2D eigenvalue weighted by atomic mass is 32.2. The van der Waals surface area contributed by atoms with Gasteiger partial charge in [0, 0.05) is 43.6 Å².